The van der Waals surface area contributed by atoms with Gasteiger partial charge in [0.1, 0.15) is 5.69 Å². The molecule has 2 aromatic rings. The summed E-state index contributed by atoms with van der Waals surface area (Å²) in [5, 5.41) is 5.26. The summed E-state index contributed by atoms with van der Waals surface area (Å²) in [6.45, 7) is 0. The van der Waals surface area contributed by atoms with Crippen LogP contribution in [0.25, 0.3) is 11.1 Å². The molecule has 25 heavy (non-hydrogen) atoms. The van der Waals surface area contributed by atoms with Crippen LogP contribution < -0.4 is 10.1 Å². The summed E-state index contributed by atoms with van der Waals surface area (Å²) < 4.78 is 18.7. The lowest BCUT2D eigenvalue weighted by molar-refractivity contribution is 0.0905. The third-order valence-electron chi connectivity index (χ3n) is 4.16. The fourth-order valence-electron chi connectivity index (χ4n) is 2.69. The Balaban J connectivity index is 1.65. The molecule has 0 aliphatic heterocycles. The van der Waals surface area contributed by atoms with Crippen LogP contribution >= 0.6 is 12.2 Å². The molecule has 1 fully saturated rings. The first-order valence-electron chi connectivity index (χ1n) is 7.78. The zero-order valence-electron chi connectivity index (χ0n) is 13.5. The molecule has 3 rings (SSSR count). The number of methoxy groups -OCH3 is 1. The van der Waals surface area contributed by atoms with Crippen LogP contribution in [0.2, 0.25) is 0 Å². The van der Waals surface area contributed by atoms with E-state index in [0.29, 0.717) is 11.3 Å². The first kappa shape index (κ1) is 17.2. The molecule has 1 N–H and O–H groups in total. The topological polar surface area (TPSA) is 63.6 Å². The number of aliphatic imine (C=N–C) groups is 1. The van der Waals surface area contributed by atoms with Gasteiger partial charge in [0.05, 0.1) is 18.3 Å². The van der Waals surface area contributed by atoms with Gasteiger partial charge in [0, 0.05) is 17.8 Å². The van der Waals surface area contributed by atoms with Crippen molar-refractivity contribution >= 4 is 23.3 Å². The summed E-state index contributed by atoms with van der Waals surface area (Å²) in [6, 6.07) is 8.28. The molecule has 0 atom stereocenters. The van der Waals surface area contributed by atoms with Gasteiger partial charge in [-0.3, -0.25) is 9.78 Å². The van der Waals surface area contributed by atoms with E-state index in [4.69, 9.17) is 4.74 Å². The number of nitrogens with zero attached hydrogens (tertiary/aromatic N) is 2. The number of amides is 1. The third kappa shape index (κ3) is 3.90. The Morgan fingerprint density at radius 1 is 1.36 bits per heavy atom. The van der Waals surface area contributed by atoms with Crippen LogP contribution in [-0.4, -0.2) is 35.2 Å². The standard InChI is InChI=1S/C18H16FN3O2S/c1-24-17-5-3-11(6-15(17)19)12-2-4-16(20-9-12)18(23)22-14-7-13(8-14)21-10-25/h2-6,9,13-14H,7-8H2,1H3,(H,22,23). The lowest BCUT2D eigenvalue weighted by Crippen LogP contribution is -2.46. The molecule has 1 heterocycles. The van der Waals surface area contributed by atoms with Gasteiger partial charge in [-0.05, 0) is 48.8 Å². The summed E-state index contributed by atoms with van der Waals surface area (Å²) in [6.07, 6.45) is 3.08. The Hall–Kier alpha value is -2.63. The SMILES string of the molecule is COc1ccc(-c2ccc(C(=O)NC3CC(N=C=S)C3)nc2)cc1F. The second-order valence-corrected chi connectivity index (χ2v) is 5.98. The van der Waals surface area contributed by atoms with E-state index >= 15 is 0 Å². The number of hydrogen-bond donors (Lipinski definition) is 1. The van der Waals surface area contributed by atoms with Crippen LogP contribution in [0.3, 0.4) is 0 Å². The van der Waals surface area contributed by atoms with Crippen molar-refractivity contribution in [3.8, 4) is 16.9 Å². The van der Waals surface area contributed by atoms with Crippen LogP contribution in [0.15, 0.2) is 41.5 Å². The summed E-state index contributed by atoms with van der Waals surface area (Å²) in [5.74, 6) is -0.493. The van der Waals surface area contributed by atoms with Crippen LogP contribution in [0.5, 0.6) is 5.75 Å². The van der Waals surface area contributed by atoms with Crippen molar-refractivity contribution in [3.63, 3.8) is 0 Å². The minimum absolute atomic E-state index is 0.0850. The smallest absolute Gasteiger partial charge is 0.270 e. The van der Waals surface area contributed by atoms with Gasteiger partial charge in [-0.2, -0.15) is 0 Å². The fourth-order valence-corrected chi connectivity index (χ4v) is 2.84. The Kier molecular flexibility index (Phi) is 5.16. The number of hydrogen-bond acceptors (Lipinski definition) is 5. The fraction of sp³-hybridized carbons (Fsp3) is 0.278. The summed E-state index contributed by atoms with van der Waals surface area (Å²) in [4.78, 5) is 20.3. The number of pyridine rings is 1. The minimum atomic E-state index is -0.444. The maximum Gasteiger partial charge on any atom is 0.270 e. The third-order valence-corrected chi connectivity index (χ3v) is 4.27. The second-order valence-electron chi connectivity index (χ2n) is 5.80. The molecule has 0 bridgehead atoms. The number of carbonyl (C=O) groups is 1. The molecular weight excluding hydrogens is 341 g/mol. The van der Waals surface area contributed by atoms with E-state index in [2.05, 4.69) is 32.7 Å². The van der Waals surface area contributed by atoms with Crippen LogP contribution in [0.1, 0.15) is 23.3 Å². The largest absolute Gasteiger partial charge is 0.494 e. The Bertz CT molecular complexity index is 829. The van der Waals surface area contributed by atoms with Crippen molar-refractivity contribution in [1.82, 2.24) is 10.3 Å². The second kappa shape index (κ2) is 7.51. The van der Waals surface area contributed by atoms with Crippen molar-refractivity contribution in [2.75, 3.05) is 7.11 Å². The highest BCUT2D eigenvalue weighted by Crippen LogP contribution is 2.26. The Morgan fingerprint density at radius 2 is 2.12 bits per heavy atom. The molecule has 1 aliphatic carbocycles. The predicted molar refractivity (Wildman–Crippen MR) is 95.5 cm³/mol. The van der Waals surface area contributed by atoms with Crippen molar-refractivity contribution < 1.29 is 13.9 Å². The van der Waals surface area contributed by atoms with Gasteiger partial charge in [-0.1, -0.05) is 12.1 Å². The van der Waals surface area contributed by atoms with Gasteiger partial charge in [-0.15, -0.1) is 0 Å². The highest BCUT2D eigenvalue weighted by molar-refractivity contribution is 7.78. The van der Waals surface area contributed by atoms with E-state index < -0.39 is 5.82 Å². The van der Waals surface area contributed by atoms with E-state index in [-0.39, 0.29) is 23.7 Å². The first-order valence-corrected chi connectivity index (χ1v) is 8.19. The molecule has 5 nitrogen and oxygen atoms in total. The van der Waals surface area contributed by atoms with Crippen molar-refractivity contribution in [1.29, 1.82) is 0 Å². The normalized spacial score (nSPS) is 18.6. The monoisotopic (exact) mass is 357 g/mol. The maximum absolute atomic E-state index is 13.8. The van der Waals surface area contributed by atoms with Crippen LogP contribution in [-0.2, 0) is 0 Å². The molecule has 0 spiro atoms. The molecular formula is C18H16FN3O2S. The number of benzene rings is 1. The average Bonchev–Trinajstić information content (AvgIpc) is 2.60. The van der Waals surface area contributed by atoms with E-state index in [0.717, 1.165) is 18.4 Å². The number of ether oxygens (including phenoxy) is 1. The van der Waals surface area contributed by atoms with E-state index in [1.54, 1.807) is 30.5 Å². The Labute approximate surface area is 150 Å². The number of thiocarbonyl (C=S) groups is 1. The molecule has 1 aromatic heterocycles. The average molecular weight is 357 g/mol. The molecule has 0 saturated heterocycles. The molecule has 7 heteroatoms. The number of rotatable bonds is 5. The van der Waals surface area contributed by atoms with Gasteiger partial charge in [-0.25, -0.2) is 9.38 Å². The molecule has 0 radical (unpaired) electrons. The number of aromatic nitrogens is 1. The summed E-state index contributed by atoms with van der Waals surface area (Å²) in [7, 11) is 1.42. The molecule has 1 amide bonds. The van der Waals surface area contributed by atoms with Crippen LogP contribution in [0, 0.1) is 5.82 Å². The maximum atomic E-state index is 13.8. The van der Waals surface area contributed by atoms with Crippen LogP contribution in [0.4, 0.5) is 4.39 Å². The molecule has 1 aliphatic rings. The van der Waals surface area contributed by atoms with Gasteiger partial charge in [0.15, 0.2) is 11.6 Å². The van der Waals surface area contributed by atoms with Crippen molar-refractivity contribution in [2.45, 2.75) is 24.9 Å². The summed E-state index contributed by atoms with van der Waals surface area (Å²) in [5.41, 5.74) is 1.70. The van der Waals surface area contributed by atoms with Gasteiger partial charge < -0.3 is 10.1 Å². The van der Waals surface area contributed by atoms with E-state index in [1.165, 1.54) is 13.2 Å². The first-order chi connectivity index (χ1) is 12.1. The lowest BCUT2D eigenvalue weighted by Gasteiger charge is -2.32. The quantitative estimate of drug-likeness (QED) is 0.659. The zero-order chi connectivity index (χ0) is 17.8. The van der Waals surface area contributed by atoms with Crippen molar-refractivity contribution in [3.05, 3.63) is 48.0 Å². The molecule has 1 saturated carbocycles. The summed E-state index contributed by atoms with van der Waals surface area (Å²) >= 11 is 4.56. The zero-order valence-corrected chi connectivity index (χ0v) is 14.3. The number of isothiocyanates is 1. The minimum Gasteiger partial charge on any atom is -0.494 e. The van der Waals surface area contributed by atoms with E-state index in [9.17, 15) is 9.18 Å². The number of nitrogens with one attached hydrogen (secondary N) is 1. The molecule has 0 unspecified atom stereocenters. The van der Waals surface area contributed by atoms with Gasteiger partial charge >= 0.3 is 0 Å². The van der Waals surface area contributed by atoms with Crippen molar-refractivity contribution in [2.24, 2.45) is 4.99 Å². The molecule has 128 valence electrons. The predicted octanol–water partition coefficient (Wildman–Crippen LogP) is 3.26. The highest BCUT2D eigenvalue weighted by Gasteiger charge is 2.30. The van der Waals surface area contributed by atoms with Gasteiger partial charge in [0.25, 0.3) is 5.91 Å². The Morgan fingerprint density at radius 3 is 2.72 bits per heavy atom. The number of carbonyl (C=O) groups excluding carboxylic acids is 1. The van der Waals surface area contributed by atoms with Gasteiger partial charge in [0.2, 0.25) is 0 Å². The lowest BCUT2D eigenvalue weighted by atomic mass is 9.87. The highest BCUT2D eigenvalue weighted by atomic mass is 32.1. The molecule has 1 aromatic carbocycles. The van der Waals surface area contributed by atoms with E-state index in [1.807, 2.05) is 0 Å². The number of halogens is 1.